The molecule has 0 radical (unpaired) electrons. The number of carboxylic acid groups (broad SMARTS) is 1. The molecule has 2 N–H and O–H groups in total. The van der Waals surface area contributed by atoms with Gasteiger partial charge >= 0.3 is 5.97 Å². The molecule has 2 aromatic rings. The number of rotatable bonds is 4. The summed E-state index contributed by atoms with van der Waals surface area (Å²) >= 11 is 0. The first-order chi connectivity index (χ1) is 10.3. The molecule has 2 rings (SSSR count). The van der Waals surface area contributed by atoms with E-state index in [0.717, 1.165) is 30.3 Å². The van der Waals surface area contributed by atoms with Gasteiger partial charge in [-0.1, -0.05) is 0 Å². The number of ether oxygens (including phenoxy) is 1. The van der Waals surface area contributed by atoms with Crippen molar-refractivity contribution in [1.29, 1.82) is 0 Å². The highest BCUT2D eigenvalue weighted by molar-refractivity contribution is 7.90. The fraction of sp³-hybridized carbons (Fsp3) is 0.0833. The van der Waals surface area contributed by atoms with E-state index < -0.39 is 32.0 Å². The average Bonchev–Trinajstić information content (AvgIpc) is 2.48. The van der Waals surface area contributed by atoms with E-state index in [-0.39, 0.29) is 15.4 Å². The van der Waals surface area contributed by atoms with Gasteiger partial charge in [-0.15, -0.1) is 4.09 Å². The quantitative estimate of drug-likeness (QED) is 0.771. The van der Waals surface area contributed by atoms with Crippen LogP contribution in [0.3, 0.4) is 0 Å². The van der Waals surface area contributed by atoms with Crippen LogP contribution < -0.4 is 15.9 Å². The Morgan fingerprint density at radius 2 is 1.91 bits per heavy atom. The predicted molar refractivity (Wildman–Crippen MR) is 73.9 cm³/mol. The number of carboxylic acids is 1. The van der Waals surface area contributed by atoms with Crippen LogP contribution in [0.15, 0.2) is 44.8 Å². The van der Waals surface area contributed by atoms with Crippen LogP contribution in [0.1, 0.15) is 10.4 Å². The number of aromatic nitrogens is 2. The first-order valence-corrected chi connectivity index (χ1v) is 7.20. The van der Waals surface area contributed by atoms with Gasteiger partial charge in [0.25, 0.3) is 21.1 Å². The first kappa shape index (κ1) is 15.5. The van der Waals surface area contributed by atoms with Crippen molar-refractivity contribution in [1.82, 2.24) is 9.19 Å². The molecule has 0 aliphatic carbocycles. The molecule has 0 aliphatic rings. The Bertz CT molecular complexity index is 956. The predicted octanol–water partition coefficient (Wildman–Crippen LogP) is -0.520. The third-order valence-electron chi connectivity index (χ3n) is 2.72. The molecular formula is C12H10N2O7S. The van der Waals surface area contributed by atoms with Crippen LogP contribution in [0.5, 0.6) is 5.75 Å². The van der Waals surface area contributed by atoms with Crippen molar-refractivity contribution in [3.8, 4) is 5.75 Å². The minimum absolute atomic E-state index is 0.124. The lowest BCUT2D eigenvalue weighted by molar-refractivity contribution is 0.0696. The van der Waals surface area contributed by atoms with Gasteiger partial charge in [0, 0.05) is 12.1 Å². The molecule has 10 heteroatoms. The van der Waals surface area contributed by atoms with Crippen molar-refractivity contribution in [3.63, 3.8) is 0 Å². The lowest BCUT2D eigenvalue weighted by Gasteiger charge is -2.11. The molecule has 0 aliphatic heterocycles. The Morgan fingerprint density at radius 1 is 1.23 bits per heavy atom. The third kappa shape index (κ3) is 2.63. The fourth-order valence-corrected chi connectivity index (χ4v) is 3.08. The van der Waals surface area contributed by atoms with Crippen molar-refractivity contribution in [2.75, 3.05) is 7.11 Å². The molecule has 0 amide bonds. The lowest BCUT2D eigenvalue weighted by atomic mass is 10.2. The maximum absolute atomic E-state index is 12.5. The van der Waals surface area contributed by atoms with Gasteiger partial charge in [-0.05, 0) is 18.2 Å². The zero-order chi connectivity index (χ0) is 16.5. The highest BCUT2D eigenvalue weighted by Gasteiger charge is 2.25. The molecule has 0 saturated heterocycles. The van der Waals surface area contributed by atoms with Crippen molar-refractivity contribution in [2.24, 2.45) is 0 Å². The number of aromatic amines is 1. The van der Waals surface area contributed by atoms with Crippen LogP contribution in [0.25, 0.3) is 0 Å². The van der Waals surface area contributed by atoms with E-state index >= 15 is 0 Å². The second kappa shape index (κ2) is 5.48. The summed E-state index contributed by atoms with van der Waals surface area (Å²) in [5.74, 6) is -1.52. The first-order valence-electron chi connectivity index (χ1n) is 5.76. The van der Waals surface area contributed by atoms with Gasteiger partial charge in [0.1, 0.15) is 10.6 Å². The number of H-pyrrole nitrogens is 1. The number of benzene rings is 1. The number of nitrogens with zero attached hydrogens (tertiary/aromatic N) is 1. The normalized spacial score (nSPS) is 11.1. The van der Waals surface area contributed by atoms with Gasteiger partial charge in [-0.2, -0.15) is 8.42 Å². The molecule has 1 aromatic carbocycles. The molecule has 0 unspecified atom stereocenters. The maximum atomic E-state index is 12.5. The molecular weight excluding hydrogens is 316 g/mol. The number of aromatic carboxylic acids is 1. The molecule has 0 atom stereocenters. The van der Waals surface area contributed by atoms with Gasteiger partial charge in [0.2, 0.25) is 0 Å². The summed E-state index contributed by atoms with van der Waals surface area (Å²) in [7, 11) is -3.34. The highest BCUT2D eigenvalue weighted by atomic mass is 32.2. The Morgan fingerprint density at radius 3 is 2.50 bits per heavy atom. The summed E-state index contributed by atoms with van der Waals surface area (Å²) in [5.41, 5.74) is -2.12. The minimum Gasteiger partial charge on any atom is -0.495 e. The number of methoxy groups -OCH3 is 1. The minimum atomic E-state index is -4.53. The van der Waals surface area contributed by atoms with Gasteiger partial charge < -0.3 is 9.84 Å². The topological polar surface area (TPSA) is 136 Å². The Labute approximate surface area is 123 Å². The van der Waals surface area contributed by atoms with Crippen LogP contribution >= 0.6 is 0 Å². The van der Waals surface area contributed by atoms with Crippen molar-refractivity contribution in [3.05, 3.63) is 56.6 Å². The number of hydrogen-bond acceptors (Lipinski definition) is 6. The molecule has 1 aromatic heterocycles. The molecule has 116 valence electrons. The second-order valence-electron chi connectivity index (χ2n) is 4.09. The van der Waals surface area contributed by atoms with Gasteiger partial charge in [0.15, 0.2) is 0 Å². The second-order valence-corrected chi connectivity index (χ2v) is 5.84. The molecule has 9 nitrogen and oxygen atoms in total. The number of carbonyl (C=O) groups is 1. The summed E-state index contributed by atoms with van der Waals surface area (Å²) in [5, 5.41) is 10.8. The van der Waals surface area contributed by atoms with Crippen LogP contribution in [-0.2, 0) is 10.0 Å². The average molecular weight is 326 g/mol. The van der Waals surface area contributed by atoms with Crippen molar-refractivity contribution < 1.29 is 23.1 Å². The van der Waals surface area contributed by atoms with E-state index in [1.807, 2.05) is 5.10 Å². The largest absolute Gasteiger partial charge is 0.495 e. The Hall–Kier alpha value is -2.88. The van der Waals surface area contributed by atoms with E-state index in [0.29, 0.717) is 0 Å². The van der Waals surface area contributed by atoms with Crippen LogP contribution in [0.4, 0.5) is 0 Å². The summed E-state index contributed by atoms with van der Waals surface area (Å²) in [6.45, 7) is 0. The van der Waals surface area contributed by atoms with Crippen molar-refractivity contribution in [2.45, 2.75) is 4.90 Å². The van der Waals surface area contributed by atoms with E-state index in [9.17, 15) is 22.8 Å². The van der Waals surface area contributed by atoms with Gasteiger partial charge in [0.05, 0.1) is 12.7 Å². The van der Waals surface area contributed by atoms with E-state index in [4.69, 9.17) is 9.84 Å². The highest BCUT2D eigenvalue weighted by Crippen LogP contribution is 2.25. The smallest absolute Gasteiger partial charge is 0.335 e. The van der Waals surface area contributed by atoms with E-state index in [1.54, 1.807) is 0 Å². The molecule has 0 spiro atoms. The lowest BCUT2D eigenvalue weighted by Crippen LogP contribution is -2.33. The standard InChI is InChI=1S/C12H10N2O7S/c1-21-8-3-2-7(12(17)18)6-9(8)22(19,20)14-11(16)5-4-10(15)13-14/h2-6H,1H3,(H,13,15)(H,17,18). The Kier molecular flexibility index (Phi) is 3.87. The summed E-state index contributed by atoms with van der Waals surface area (Å²) < 4.78 is 30.0. The van der Waals surface area contributed by atoms with Gasteiger partial charge in [-0.3, -0.25) is 9.59 Å². The SMILES string of the molecule is COc1ccc(C(=O)O)cc1S(=O)(=O)n1[nH]c(=O)ccc1=O. The van der Waals surface area contributed by atoms with E-state index in [1.165, 1.54) is 7.11 Å². The van der Waals surface area contributed by atoms with Crippen molar-refractivity contribution >= 4 is 16.0 Å². The third-order valence-corrected chi connectivity index (χ3v) is 4.34. The fourth-order valence-electron chi connectivity index (χ4n) is 1.70. The zero-order valence-corrected chi connectivity index (χ0v) is 12.0. The molecule has 1 heterocycles. The molecule has 0 saturated carbocycles. The molecule has 0 bridgehead atoms. The summed E-state index contributed by atoms with van der Waals surface area (Å²) in [6.07, 6.45) is 0. The summed E-state index contributed by atoms with van der Waals surface area (Å²) in [6, 6.07) is 4.79. The number of nitrogens with one attached hydrogen (secondary N) is 1. The van der Waals surface area contributed by atoms with Gasteiger partial charge in [-0.25, -0.2) is 9.89 Å². The van der Waals surface area contributed by atoms with Crippen LogP contribution in [0, 0.1) is 0 Å². The van der Waals surface area contributed by atoms with Crippen LogP contribution in [-0.4, -0.2) is 35.8 Å². The number of hydrogen-bond donors (Lipinski definition) is 2. The van der Waals surface area contributed by atoms with Crippen LogP contribution in [0.2, 0.25) is 0 Å². The Balaban J connectivity index is 2.80. The molecule has 22 heavy (non-hydrogen) atoms. The molecule has 0 fully saturated rings. The maximum Gasteiger partial charge on any atom is 0.335 e. The summed E-state index contributed by atoms with van der Waals surface area (Å²) in [4.78, 5) is 33.3. The monoisotopic (exact) mass is 326 g/mol. The van der Waals surface area contributed by atoms with E-state index in [2.05, 4.69) is 0 Å². The zero-order valence-electron chi connectivity index (χ0n) is 11.1.